The lowest BCUT2D eigenvalue weighted by atomic mass is 10.0. The van der Waals surface area contributed by atoms with E-state index in [1.54, 1.807) is 0 Å². The zero-order chi connectivity index (χ0) is 55.8. The third kappa shape index (κ3) is 61.5. The molecule has 9 heteroatoms. The second-order valence-corrected chi connectivity index (χ2v) is 23.6. The van der Waals surface area contributed by atoms with E-state index in [0.29, 0.717) is 38.2 Å². The SMILES string of the molecule is CCCCCCCCCCCCCCCCCCCCCOC(=O)CCCCCCCCCN(CCCCCCCCCC(=O)O)CCCN(CCO)CCCCCCCCCC(=C=O)OCCCCCCCCCCC. The smallest absolute Gasteiger partial charge is 0.305 e. The van der Waals surface area contributed by atoms with Gasteiger partial charge in [-0.2, -0.15) is 0 Å². The molecule has 0 aromatic carbocycles. The van der Waals surface area contributed by atoms with Crippen LogP contribution in [-0.4, -0.2) is 97.0 Å². The number of carbonyl (C=O) groups is 2. The van der Waals surface area contributed by atoms with Crippen LogP contribution in [0.5, 0.6) is 0 Å². The Morgan fingerprint density at radius 1 is 0.325 bits per heavy atom. The zero-order valence-corrected chi connectivity index (χ0v) is 51.7. The summed E-state index contributed by atoms with van der Waals surface area (Å²) in [5, 5.41) is 18.8. The van der Waals surface area contributed by atoms with Gasteiger partial charge < -0.3 is 29.5 Å². The van der Waals surface area contributed by atoms with Gasteiger partial charge in [0.25, 0.3) is 0 Å². The minimum atomic E-state index is -0.683. The number of hydrogen-bond donors (Lipinski definition) is 2. The highest BCUT2D eigenvalue weighted by atomic mass is 16.5. The average molecular weight is 1090 g/mol. The van der Waals surface area contributed by atoms with Gasteiger partial charge in [-0.3, -0.25) is 9.59 Å². The molecule has 0 saturated carbocycles. The highest BCUT2D eigenvalue weighted by molar-refractivity contribution is 5.69. The molecule has 0 bridgehead atoms. The summed E-state index contributed by atoms with van der Waals surface area (Å²) < 4.78 is 11.3. The van der Waals surface area contributed by atoms with Crippen LogP contribution in [-0.2, 0) is 23.9 Å². The van der Waals surface area contributed by atoms with Crippen molar-refractivity contribution in [2.24, 2.45) is 0 Å². The van der Waals surface area contributed by atoms with E-state index < -0.39 is 5.97 Å². The van der Waals surface area contributed by atoms with Crippen molar-refractivity contribution < 1.29 is 34.1 Å². The summed E-state index contributed by atoms with van der Waals surface area (Å²) >= 11 is 0. The number of carboxylic acids is 1. The second-order valence-electron chi connectivity index (χ2n) is 23.6. The number of aliphatic carboxylic acids is 1. The predicted octanol–water partition coefficient (Wildman–Crippen LogP) is 19.7. The summed E-state index contributed by atoms with van der Waals surface area (Å²) in [6, 6.07) is 0. The van der Waals surface area contributed by atoms with Gasteiger partial charge in [0.2, 0.25) is 0 Å². The number of carboxylic acid groups (broad SMARTS) is 1. The lowest BCUT2D eigenvalue weighted by molar-refractivity contribution is -0.144. The van der Waals surface area contributed by atoms with E-state index in [9.17, 15) is 19.5 Å². The first-order chi connectivity index (χ1) is 38.0. The fourth-order valence-electron chi connectivity index (χ4n) is 11.0. The standard InChI is InChI=1S/C68H132N2O7/c1-3-5-7-9-11-13-14-15-16-17-18-19-20-21-22-24-35-43-51-64-77-68(75)55-46-38-30-27-33-40-48-57-69(56-47-39-32-26-29-37-45-54-67(73)74)59-52-60-70(61-62-71)58-49-41-31-25-28-36-44-53-66(65-72)76-63-50-42-34-23-12-10-8-6-4-2/h71H,3-64H2,1-2H3,(H,73,74). The van der Waals surface area contributed by atoms with Crippen LogP contribution in [0.3, 0.4) is 0 Å². The number of esters is 1. The van der Waals surface area contributed by atoms with Crippen molar-refractivity contribution in [3.63, 3.8) is 0 Å². The maximum Gasteiger partial charge on any atom is 0.305 e. The second kappa shape index (κ2) is 64.9. The van der Waals surface area contributed by atoms with E-state index in [1.807, 2.05) is 0 Å². The molecule has 0 unspecified atom stereocenters. The molecule has 0 amide bonds. The van der Waals surface area contributed by atoms with E-state index in [-0.39, 0.29) is 12.6 Å². The van der Waals surface area contributed by atoms with Crippen molar-refractivity contribution in [2.75, 3.05) is 59.1 Å². The quantitative estimate of drug-likeness (QED) is 0.0266. The van der Waals surface area contributed by atoms with Crippen molar-refractivity contribution in [3.8, 4) is 0 Å². The summed E-state index contributed by atoms with van der Waals surface area (Å²) in [7, 11) is 0. The number of nitrogens with zero attached hydrogens (tertiary/aromatic N) is 2. The maximum absolute atomic E-state index is 12.3. The van der Waals surface area contributed by atoms with E-state index in [2.05, 4.69) is 29.6 Å². The molecule has 0 aromatic heterocycles. The summed E-state index contributed by atoms with van der Waals surface area (Å²) in [6.45, 7) is 12.3. The molecule has 0 aliphatic carbocycles. The van der Waals surface area contributed by atoms with Gasteiger partial charge in [0.05, 0.1) is 19.8 Å². The van der Waals surface area contributed by atoms with Crippen LogP contribution in [0.2, 0.25) is 0 Å². The Morgan fingerprint density at radius 3 is 0.935 bits per heavy atom. The van der Waals surface area contributed by atoms with Gasteiger partial charge in [-0.25, -0.2) is 4.79 Å². The molecule has 0 radical (unpaired) electrons. The van der Waals surface area contributed by atoms with Crippen LogP contribution >= 0.6 is 0 Å². The number of hydrogen-bond acceptors (Lipinski definition) is 8. The minimum Gasteiger partial charge on any atom is -0.487 e. The summed E-state index contributed by atoms with van der Waals surface area (Å²) in [5.74, 6) is 1.87. The Kier molecular flexibility index (Phi) is 63.3. The van der Waals surface area contributed by atoms with Crippen molar-refractivity contribution in [3.05, 3.63) is 5.76 Å². The molecule has 0 aliphatic rings. The molecule has 0 saturated heterocycles. The van der Waals surface area contributed by atoms with Crippen LogP contribution in [0.15, 0.2) is 5.76 Å². The Hall–Kier alpha value is -1.93. The summed E-state index contributed by atoms with van der Waals surface area (Å²) in [5.41, 5.74) is 0. The zero-order valence-electron chi connectivity index (χ0n) is 51.7. The molecule has 0 rings (SSSR count). The monoisotopic (exact) mass is 1090 g/mol. The average Bonchev–Trinajstić information content (AvgIpc) is 3.42. The van der Waals surface area contributed by atoms with Gasteiger partial charge in [0.1, 0.15) is 0 Å². The lowest BCUT2D eigenvalue weighted by Crippen LogP contribution is -2.33. The molecule has 0 aliphatic heterocycles. The first kappa shape index (κ1) is 75.1. The van der Waals surface area contributed by atoms with Crippen LogP contribution in [0.1, 0.15) is 354 Å². The topological polar surface area (TPSA) is 117 Å². The normalized spacial score (nSPS) is 11.5. The molecule has 77 heavy (non-hydrogen) atoms. The first-order valence-electron chi connectivity index (χ1n) is 34.3. The fraction of sp³-hybridized carbons (Fsp3) is 0.941. The number of aliphatic hydroxyl groups excluding tert-OH is 1. The number of carbonyl (C=O) groups excluding carboxylic acids is 2. The molecule has 9 nitrogen and oxygen atoms in total. The number of ether oxygens (including phenoxy) is 2. The third-order valence-corrected chi connectivity index (χ3v) is 16.1. The molecular weight excluding hydrogens is 957 g/mol. The summed E-state index contributed by atoms with van der Waals surface area (Å²) in [4.78, 5) is 39.7. The van der Waals surface area contributed by atoms with Crippen LogP contribution < -0.4 is 0 Å². The van der Waals surface area contributed by atoms with Crippen molar-refractivity contribution in [1.29, 1.82) is 0 Å². The molecule has 0 spiro atoms. The predicted molar refractivity (Wildman–Crippen MR) is 330 cm³/mol. The first-order valence-corrected chi connectivity index (χ1v) is 34.3. The molecule has 0 aromatic rings. The van der Waals surface area contributed by atoms with Gasteiger partial charge in [-0.1, -0.05) is 277 Å². The fourth-order valence-corrected chi connectivity index (χ4v) is 11.0. The Morgan fingerprint density at radius 2 is 0.597 bits per heavy atom. The van der Waals surface area contributed by atoms with Crippen molar-refractivity contribution in [1.82, 2.24) is 9.80 Å². The van der Waals surface area contributed by atoms with E-state index in [1.165, 1.54) is 257 Å². The van der Waals surface area contributed by atoms with Gasteiger partial charge in [-0.15, -0.1) is 0 Å². The molecule has 456 valence electrons. The molecule has 0 atom stereocenters. The minimum absolute atomic E-state index is 0.00843. The summed E-state index contributed by atoms with van der Waals surface area (Å²) in [6.07, 6.45) is 64.6. The molecule has 0 heterocycles. The van der Waals surface area contributed by atoms with E-state index >= 15 is 0 Å². The maximum atomic E-state index is 12.3. The van der Waals surface area contributed by atoms with Crippen LogP contribution in [0, 0.1) is 0 Å². The third-order valence-electron chi connectivity index (χ3n) is 16.1. The highest BCUT2D eigenvalue weighted by Gasteiger charge is 2.10. The highest BCUT2D eigenvalue weighted by Crippen LogP contribution is 2.18. The largest absolute Gasteiger partial charge is 0.487 e. The molecule has 2 N–H and O–H groups in total. The molecule has 0 fully saturated rings. The van der Waals surface area contributed by atoms with E-state index in [0.717, 1.165) is 103 Å². The van der Waals surface area contributed by atoms with Crippen LogP contribution in [0.25, 0.3) is 0 Å². The van der Waals surface area contributed by atoms with Gasteiger partial charge >= 0.3 is 11.9 Å². The van der Waals surface area contributed by atoms with Crippen LogP contribution in [0.4, 0.5) is 0 Å². The van der Waals surface area contributed by atoms with Gasteiger partial charge in [0.15, 0.2) is 11.7 Å². The number of allylic oxidation sites excluding steroid dienone is 1. The van der Waals surface area contributed by atoms with Crippen molar-refractivity contribution >= 4 is 17.9 Å². The van der Waals surface area contributed by atoms with Gasteiger partial charge in [-0.05, 0) is 90.5 Å². The van der Waals surface area contributed by atoms with E-state index in [4.69, 9.17) is 14.6 Å². The number of rotatable bonds is 67. The Balaban J connectivity index is 4.15. The Bertz CT molecular complexity index is 1240. The van der Waals surface area contributed by atoms with Crippen molar-refractivity contribution in [2.45, 2.75) is 354 Å². The number of aliphatic hydroxyl groups is 1. The molecular formula is C68H132N2O7. The van der Waals surface area contributed by atoms with Gasteiger partial charge in [0, 0.05) is 25.8 Å². The number of unbranched alkanes of at least 4 members (excludes halogenated alkanes) is 44. The lowest BCUT2D eigenvalue weighted by Gasteiger charge is -2.26. The Labute approximate surface area is 478 Å².